The maximum absolute atomic E-state index is 12.3. The van der Waals surface area contributed by atoms with Gasteiger partial charge in [-0.05, 0) is 19.4 Å². The van der Waals surface area contributed by atoms with E-state index in [1.54, 1.807) is 0 Å². The smallest absolute Gasteiger partial charge is 0.317 e. The predicted molar refractivity (Wildman–Crippen MR) is 109 cm³/mol. The molecule has 1 aromatic heterocycles. The maximum Gasteiger partial charge on any atom is 0.317 e. The molecule has 0 atom stereocenters. The Bertz CT molecular complexity index is 760. The van der Waals surface area contributed by atoms with Crippen molar-refractivity contribution in [2.75, 3.05) is 39.3 Å². The van der Waals surface area contributed by atoms with Gasteiger partial charge in [-0.25, -0.2) is 9.78 Å². The summed E-state index contributed by atoms with van der Waals surface area (Å²) in [4.78, 5) is 20.9. The Balaban J connectivity index is 1.35. The summed E-state index contributed by atoms with van der Waals surface area (Å²) in [5, 5.41) is 3.02. The molecule has 6 nitrogen and oxygen atoms in total. The van der Waals surface area contributed by atoms with Gasteiger partial charge in [0.25, 0.3) is 0 Å². The second-order valence-corrected chi connectivity index (χ2v) is 6.94. The number of aromatic nitrogens is 2. The normalized spacial score (nSPS) is 15.4. The van der Waals surface area contributed by atoms with Gasteiger partial charge in [-0.3, -0.25) is 4.90 Å². The van der Waals surface area contributed by atoms with Crippen LogP contribution in [0.5, 0.6) is 0 Å². The van der Waals surface area contributed by atoms with Crippen LogP contribution in [0.3, 0.4) is 0 Å². The van der Waals surface area contributed by atoms with Gasteiger partial charge in [-0.1, -0.05) is 42.5 Å². The second-order valence-electron chi connectivity index (χ2n) is 6.94. The highest BCUT2D eigenvalue weighted by atomic mass is 16.2. The van der Waals surface area contributed by atoms with Crippen LogP contribution in [0.1, 0.15) is 17.0 Å². The molecular formula is C21H29N5O. The number of carbonyl (C=O) groups is 1. The van der Waals surface area contributed by atoms with E-state index in [1.165, 1.54) is 5.56 Å². The molecule has 0 unspecified atom stereocenters. The van der Waals surface area contributed by atoms with Crippen LogP contribution in [0.25, 0.3) is 6.08 Å². The summed E-state index contributed by atoms with van der Waals surface area (Å²) in [6, 6.07) is 10.4. The second kappa shape index (κ2) is 9.37. The summed E-state index contributed by atoms with van der Waals surface area (Å²) < 4.78 is 2.08. The summed E-state index contributed by atoms with van der Waals surface area (Å²) >= 11 is 0. The zero-order valence-electron chi connectivity index (χ0n) is 16.3. The van der Waals surface area contributed by atoms with Gasteiger partial charge >= 0.3 is 6.03 Å². The first kappa shape index (κ1) is 19.2. The number of piperazine rings is 1. The highest BCUT2D eigenvalue weighted by molar-refractivity contribution is 5.74. The summed E-state index contributed by atoms with van der Waals surface area (Å²) in [5.74, 6) is 0. The van der Waals surface area contributed by atoms with Gasteiger partial charge in [0.15, 0.2) is 0 Å². The molecule has 0 bridgehead atoms. The van der Waals surface area contributed by atoms with Crippen LogP contribution in [0.2, 0.25) is 0 Å². The molecule has 1 aromatic carbocycles. The van der Waals surface area contributed by atoms with Crippen LogP contribution in [-0.2, 0) is 6.54 Å². The van der Waals surface area contributed by atoms with Crippen molar-refractivity contribution < 1.29 is 4.79 Å². The predicted octanol–water partition coefficient (Wildman–Crippen LogP) is 2.54. The van der Waals surface area contributed by atoms with Gasteiger partial charge in [-0.15, -0.1) is 0 Å². The first-order valence-electron chi connectivity index (χ1n) is 9.58. The van der Waals surface area contributed by atoms with Crippen molar-refractivity contribution >= 4 is 12.1 Å². The number of hydrogen-bond acceptors (Lipinski definition) is 3. The van der Waals surface area contributed by atoms with E-state index in [9.17, 15) is 4.79 Å². The van der Waals surface area contributed by atoms with Crippen LogP contribution in [0.15, 0.2) is 42.7 Å². The van der Waals surface area contributed by atoms with E-state index in [2.05, 4.69) is 51.0 Å². The summed E-state index contributed by atoms with van der Waals surface area (Å²) in [6.45, 7) is 9.71. The van der Waals surface area contributed by atoms with Crippen LogP contribution >= 0.6 is 0 Å². The number of aryl methyl sites for hydroxylation is 1. The first-order valence-corrected chi connectivity index (χ1v) is 9.58. The largest absolute Gasteiger partial charge is 0.336 e. The van der Waals surface area contributed by atoms with Gasteiger partial charge < -0.3 is 14.8 Å². The molecule has 1 saturated heterocycles. The van der Waals surface area contributed by atoms with Crippen molar-refractivity contribution in [1.29, 1.82) is 0 Å². The van der Waals surface area contributed by atoms with Gasteiger partial charge in [0, 0.05) is 51.5 Å². The fourth-order valence-electron chi connectivity index (χ4n) is 3.20. The lowest BCUT2D eigenvalue weighted by Crippen LogP contribution is -2.52. The summed E-state index contributed by atoms with van der Waals surface area (Å²) in [7, 11) is 0. The number of nitrogens with one attached hydrogen (secondary N) is 1. The molecule has 6 heteroatoms. The van der Waals surface area contributed by atoms with Crippen molar-refractivity contribution in [2.24, 2.45) is 0 Å². The van der Waals surface area contributed by atoms with Crippen molar-refractivity contribution in [3.63, 3.8) is 0 Å². The molecule has 27 heavy (non-hydrogen) atoms. The molecule has 1 fully saturated rings. The molecule has 0 spiro atoms. The Kier molecular flexibility index (Phi) is 6.65. The van der Waals surface area contributed by atoms with Crippen LogP contribution in [-0.4, -0.2) is 64.7 Å². The quantitative estimate of drug-likeness (QED) is 0.854. The van der Waals surface area contributed by atoms with Crippen molar-refractivity contribution in [3.05, 3.63) is 59.7 Å². The molecule has 0 saturated carbocycles. The van der Waals surface area contributed by atoms with Crippen molar-refractivity contribution in [1.82, 2.24) is 24.7 Å². The molecule has 2 aromatic rings. The van der Waals surface area contributed by atoms with E-state index in [1.807, 2.05) is 36.4 Å². The fourth-order valence-corrected chi connectivity index (χ4v) is 3.20. The zero-order chi connectivity index (χ0) is 19.1. The van der Waals surface area contributed by atoms with Crippen LogP contribution < -0.4 is 5.32 Å². The molecule has 1 N–H and O–H groups in total. The number of amides is 2. The van der Waals surface area contributed by atoms with E-state index >= 15 is 0 Å². The molecule has 0 aliphatic carbocycles. The first-order chi connectivity index (χ1) is 13.1. The van der Waals surface area contributed by atoms with Gasteiger partial charge in [0.05, 0.1) is 12.0 Å². The number of hydrogen-bond donors (Lipinski definition) is 1. The van der Waals surface area contributed by atoms with E-state index in [0.717, 1.165) is 50.7 Å². The van der Waals surface area contributed by atoms with E-state index < -0.39 is 0 Å². The lowest BCUT2D eigenvalue weighted by atomic mass is 10.2. The third-order valence-electron chi connectivity index (χ3n) is 5.11. The molecule has 2 heterocycles. The third kappa shape index (κ3) is 5.44. The standard InChI is InChI=1S/C21H29N5O/c1-18-19(2)26(17-23-18)12-10-22-21(27)25-15-13-24(14-16-25)11-6-9-20-7-4-3-5-8-20/h3-9,17H,10-16H2,1-2H3,(H,22,27)/b9-6+. The average Bonchev–Trinajstić information content (AvgIpc) is 3.01. The van der Waals surface area contributed by atoms with Crippen molar-refractivity contribution in [3.8, 4) is 0 Å². The molecule has 1 aliphatic heterocycles. The van der Waals surface area contributed by atoms with Gasteiger partial charge in [-0.2, -0.15) is 0 Å². The molecular weight excluding hydrogens is 338 g/mol. The number of nitrogens with zero attached hydrogens (tertiary/aromatic N) is 4. The zero-order valence-corrected chi connectivity index (χ0v) is 16.3. The number of benzene rings is 1. The lowest BCUT2D eigenvalue weighted by Gasteiger charge is -2.34. The molecule has 1 aliphatic rings. The summed E-state index contributed by atoms with van der Waals surface area (Å²) in [6.07, 6.45) is 6.18. The maximum atomic E-state index is 12.3. The number of imidazole rings is 1. The number of carbonyl (C=O) groups excluding carboxylic acids is 1. The Labute approximate surface area is 161 Å². The Morgan fingerprint density at radius 1 is 1.15 bits per heavy atom. The highest BCUT2D eigenvalue weighted by Crippen LogP contribution is 2.06. The minimum atomic E-state index is 0.0315. The monoisotopic (exact) mass is 367 g/mol. The van der Waals surface area contributed by atoms with E-state index in [-0.39, 0.29) is 6.03 Å². The molecule has 144 valence electrons. The number of rotatable bonds is 6. The Hall–Kier alpha value is -2.60. The Morgan fingerprint density at radius 2 is 1.89 bits per heavy atom. The van der Waals surface area contributed by atoms with E-state index in [0.29, 0.717) is 6.54 Å². The van der Waals surface area contributed by atoms with Crippen LogP contribution in [0.4, 0.5) is 4.79 Å². The minimum absolute atomic E-state index is 0.0315. The topological polar surface area (TPSA) is 53.4 Å². The van der Waals surface area contributed by atoms with Gasteiger partial charge in [0.1, 0.15) is 0 Å². The van der Waals surface area contributed by atoms with Gasteiger partial charge in [0.2, 0.25) is 0 Å². The average molecular weight is 367 g/mol. The molecule has 2 amide bonds. The highest BCUT2D eigenvalue weighted by Gasteiger charge is 2.19. The summed E-state index contributed by atoms with van der Waals surface area (Å²) in [5.41, 5.74) is 3.42. The third-order valence-corrected chi connectivity index (χ3v) is 5.11. The van der Waals surface area contributed by atoms with Crippen LogP contribution in [0, 0.1) is 13.8 Å². The minimum Gasteiger partial charge on any atom is -0.336 e. The molecule has 3 rings (SSSR count). The van der Waals surface area contributed by atoms with E-state index in [4.69, 9.17) is 0 Å². The lowest BCUT2D eigenvalue weighted by molar-refractivity contribution is 0.146. The Morgan fingerprint density at radius 3 is 2.56 bits per heavy atom. The number of urea groups is 1. The molecule has 0 radical (unpaired) electrons. The van der Waals surface area contributed by atoms with Crippen molar-refractivity contribution in [2.45, 2.75) is 20.4 Å². The fraction of sp³-hybridized carbons (Fsp3) is 0.429. The SMILES string of the molecule is Cc1ncn(CCNC(=O)N2CCN(C/C=C/c3ccccc3)CC2)c1C.